The van der Waals surface area contributed by atoms with E-state index in [-0.39, 0.29) is 0 Å². The first kappa shape index (κ1) is 8.13. The van der Waals surface area contributed by atoms with Gasteiger partial charge >= 0.3 is 0 Å². The van der Waals surface area contributed by atoms with E-state index in [1.807, 2.05) is 18.7 Å². The minimum absolute atomic E-state index is 0.840. The number of aryl methyl sites for hydroxylation is 1. The highest BCUT2D eigenvalue weighted by molar-refractivity contribution is 4.78. The van der Waals surface area contributed by atoms with Crippen molar-refractivity contribution in [3.8, 4) is 0 Å². The van der Waals surface area contributed by atoms with Crippen molar-refractivity contribution in [3.63, 3.8) is 0 Å². The molecule has 0 aliphatic carbocycles. The van der Waals surface area contributed by atoms with Gasteiger partial charge in [0.15, 0.2) is 5.82 Å². The van der Waals surface area contributed by atoms with Crippen LogP contribution in [0.3, 0.4) is 0 Å². The van der Waals surface area contributed by atoms with Gasteiger partial charge in [-0.15, -0.1) is 5.10 Å². The zero-order chi connectivity index (χ0) is 8.10. The number of likely N-dealkylation sites (N-methyl/N-ethyl adjacent to an activating group) is 1. The van der Waals surface area contributed by atoms with Crippen LogP contribution in [0.25, 0.3) is 0 Å². The molecule has 5 heteroatoms. The average molecular weight is 155 g/mol. The molecular formula is C6H13N5. The second-order valence-electron chi connectivity index (χ2n) is 2.28. The van der Waals surface area contributed by atoms with Crippen molar-refractivity contribution >= 4 is 0 Å². The van der Waals surface area contributed by atoms with E-state index in [1.54, 1.807) is 0 Å². The van der Waals surface area contributed by atoms with Crippen LogP contribution in [-0.2, 0) is 13.0 Å². The van der Waals surface area contributed by atoms with E-state index in [0.717, 1.165) is 25.3 Å². The molecule has 0 spiro atoms. The van der Waals surface area contributed by atoms with Crippen LogP contribution in [0, 0.1) is 0 Å². The summed E-state index contributed by atoms with van der Waals surface area (Å²) in [5, 5.41) is 14.3. The molecule has 0 aliphatic heterocycles. The van der Waals surface area contributed by atoms with Gasteiger partial charge in [0.05, 0.1) is 6.54 Å². The van der Waals surface area contributed by atoms with E-state index >= 15 is 0 Å². The predicted molar refractivity (Wildman–Crippen MR) is 41.1 cm³/mol. The van der Waals surface area contributed by atoms with Crippen molar-refractivity contribution in [1.82, 2.24) is 25.5 Å². The second kappa shape index (κ2) is 4.02. The Morgan fingerprint density at radius 3 is 3.00 bits per heavy atom. The highest BCUT2D eigenvalue weighted by Gasteiger charge is 2.00. The fourth-order valence-electron chi connectivity index (χ4n) is 0.868. The zero-order valence-electron chi connectivity index (χ0n) is 6.91. The number of aromatic nitrogens is 4. The van der Waals surface area contributed by atoms with Crippen LogP contribution in [0.4, 0.5) is 0 Å². The van der Waals surface area contributed by atoms with Crippen molar-refractivity contribution in [2.24, 2.45) is 0 Å². The maximum absolute atomic E-state index is 3.86. The number of hydrogen-bond donors (Lipinski definition) is 1. The molecule has 0 bridgehead atoms. The molecule has 0 amide bonds. The quantitative estimate of drug-likeness (QED) is 0.634. The van der Waals surface area contributed by atoms with E-state index in [0.29, 0.717) is 0 Å². The monoisotopic (exact) mass is 155 g/mol. The third kappa shape index (κ3) is 1.98. The first-order chi connectivity index (χ1) is 5.38. The Labute approximate surface area is 65.8 Å². The van der Waals surface area contributed by atoms with Crippen LogP contribution >= 0.6 is 0 Å². The predicted octanol–water partition coefficient (Wildman–Crippen LogP) is -0.545. The molecule has 0 aliphatic rings. The number of hydrogen-bond acceptors (Lipinski definition) is 4. The highest BCUT2D eigenvalue weighted by Crippen LogP contribution is 1.90. The largest absolute Gasteiger partial charge is 0.318 e. The molecule has 5 nitrogen and oxygen atoms in total. The van der Waals surface area contributed by atoms with E-state index in [4.69, 9.17) is 0 Å². The van der Waals surface area contributed by atoms with Crippen LogP contribution in [0.1, 0.15) is 12.7 Å². The molecule has 0 aromatic carbocycles. The summed E-state index contributed by atoms with van der Waals surface area (Å²) in [7, 11) is 1.91. The summed E-state index contributed by atoms with van der Waals surface area (Å²) in [5.41, 5.74) is 0. The number of tetrazole rings is 1. The Morgan fingerprint density at radius 1 is 1.55 bits per heavy atom. The second-order valence-corrected chi connectivity index (χ2v) is 2.28. The molecule has 0 saturated heterocycles. The molecule has 62 valence electrons. The third-order valence-electron chi connectivity index (χ3n) is 1.50. The van der Waals surface area contributed by atoms with E-state index in [2.05, 4.69) is 20.8 Å². The third-order valence-corrected chi connectivity index (χ3v) is 1.50. The first-order valence-corrected chi connectivity index (χ1v) is 3.78. The highest BCUT2D eigenvalue weighted by atomic mass is 15.5. The van der Waals surface area contributed by atoms with Crippen molar-refractivity contribution in [3.05, 3.63) is 5.82 Å². The summed E-state index contributed by atoms with van der Waals surface area (Å²) in [6.07, 6.45) is 0.886. The normalized spacial score (nSPS) is 10.4. The Bertz CT molecular complexity index is 206. The van der Waals surface area contributed by atoms with Crippen molar-refractivity contribution in [2.75, 3.05) is 13.6 Å². The molecule has 0 saturated carbocycles. The smallest absolute Gasteiger partial charge is 0.151 e. The number of nitrogens with one attached hydrogen (secondary N) is 1. The fraction of sp³-hybridized carbons (Fsp3) is 0.833. The minimum Gasteiger partial charge on any atom is -0.318 e. The summed E-state index contributed by atoms with van der Waals surface area (Å²) in [5.74, 6) is 0.945. The molecule has 1 heterocycles. The molecule has 0 atom stereocenters. The Balaban J connectivity index is 2.54. The maximum atomic E-state index is 3.86. The summed E-state index contributed by atoms with van der Waals surface area (Å²) in [4.78, 5) is 0. The summed E-state index contributed by atoms with van der Waals surface area (Å²) >= 11 is 0. The lowest BCUT2D eigenvalue weighted by atomic mass is 10.4. The van der Waals surface area contributed by atoms with Crippen molar-refractivity contribution in [1.29, 1.82) is 0 Å². The van der Waals surface area contributed by atoms with Gasteiger partial charge in [0.1, 0.15) is 0 Å². The van der Waals surface area contributed by atoms with Gasteiger partial charge in [0, 0.05) is 13.0 Å². The van der Waals surface area contributed by atoms with E-state index in [1.165, 1.54) is 0 Å². The molecule has 1 aromatic heterocycles. The lowest BCUT2D eigenvalue weighted by Crippen LogP contribution is -2.17. The zero-order valence-corrected chi connectivity index (χ0v) is 6.91. The number of nitrogens with zero attached hydrogens (tertiary/aromatic N) is 4. The van der Waals surface area contributed by atoms with Crippen LogP contribution < -0.4 is 5.32 Å². The van der Waals surface area contributed by atoms with Gasteiger partial charge in [-0.3, -0.25) is 0 Å². The van der Waals surface area contributed by atoms with Crippen molar-refractivity contribution < 1.29 is 0 Å². The summed E-state index contributed by atoms with van der Waals surface area (Å²) in [6, 6.07) is 0. The maximum Gasteiger partial charge on any atom is 0.151 e. The minimum atomic E-state index is 0.840. The van der Waals surface area contributed by atoms with Gasteiger partial charge in [-0.25, -0.2) is 4.68 Å². The molecule has 0 unspecified atom stereocenters. The summed E-state index contributed by atoms with van der Waals surface area (Å²) < 4.78 is 1.82. The van der Waals surface area contributed by atoms with Gasteiger partial charge in [-0.05, 0) is 17.5 Å². The Hall–Kier alpha value is -0.970. The molecular weight excluding hydrogens is 142 g/mol. The first-order valence-electron chi connectivity index (χ1n) is 3.78. The molecule has 1 N–H and O–H groups in total. The SMILES string of the molecule is CCc1nnnn1CCNC. The van der Waals surface area contributed by atoms with Gasteiger partial charge in [-0.1, -0.05) is 6.92 Å². The standard InChI is InChI=1S/C6H13N5/c1-3-6-8-9-10-11(6)5-4-7-2/h7H,3-5H2,1-2H3. The molecule has 11 heavy (non-hydrogen) atoms. The fourth-order valence-corrected chi connectivity index (χ4v) is 0.868. The topological polar surface area (TPSA) is 55.6 Å². The molecule has 0 radical (unpaired) electrons. The average Bonchev–Trinajstić information content (AvgIpc) is 2.47. The number of rotatable bonds is 4. The van der Waals surface area contributed by atoms with Gasteiger partial charge in [0.25, 0.3) is 0 Å². The van der Waals surface area contributed by atoms with Crippen LogP contribution in [0.5, 0.6) is 0 Å². The van der Waals surface area contributed by atoms with Crippen LogP contribution in [0.2, 0.25) is 0 Å². The van der Waals surface area contributed by atoms with Crippen LogP contribution in [0.15, 0.2) is 0 Å². The Kier molecular flexibility index (Phi) is 2.97. The van der Waals surface area contributed by atoms with Crippen LogP contribution in [-0.4, -0.2) is 33.8 Å². The van der Waals surface area contributed by atoms with Gasteiger partial charge in [-0.2, -0.15) is 0 Å². The lowest BCUT2D eigenvalue weighted by Gasteiger charge is -2.00. The van der Waals surface area contributed by atoms with Crippen molar-refractivity contribution in [2.45, 2.75) is 19.9 Å². The lowest BCUT2D eigenvalue weighted by molar-refractivity contribution is 0.546. The summed E-state index contributed by atoms with van der Waals surface area (Å²) in [6.45, 7) is 3.78. The molecule has 1 rings (SSSR count). The molecule has 1 aromatic rings. The van der Waals surface area contributed by atoms with E-state index < -0.39 is 0 Å². The Morgan fingerprint density at radius 2 is 2.36 bits per heavy atom. The van der Waals surface area contributed by atoms with Gasteiger partial charge in [0.2, 0.25) is 0 Å². The van der Waals surface area contributed by atoms with Gasteiger partial charge < -0.3 is 5.32 Å². The molecule has 0 fully saturated rings. The van der Waals surface area contributed by atoms with E-state index in [9.17, 15) is 0 Å².